The molecule has 1 aliphatic rings. The summed E-state index contributed by atoms with van der Waals surface area (Å²) >= 11 is 3.27. The van der Waals surface area contributed by atoms with Gasteiger partial charge in [-0.2, -0.15) is 11.8 Å². The summed E-state index contributed by atoms with van der Waals surface area (Å²) in [5.74, 6) is 0.570. The van der Waals surface area contributed by atoms with Crippen molar-refractivity contribution in [3.63, 3.8) is 0 Å². The normalized spacial score (nSPS) is 21.3. The van der Waals surface area contributed by atoms with E-state index in [0.29, 0.717) is 18.7 Å². The van der Waals surface area contributed by atoms with Crippen LogP contribution in [0.4, 0.5) is 0 Å². The monoisotopic (exact) mass is 355 g/mol. The molecule has 0 saturated carbocycles. The van der Waals surface area contributed by atoms with E-state index in [4.69, 9.17) is 0 Å². The molecule has 1 saturated heterocycles. The highest BCUT2D eigenvalue weighted by molar-refractivity contribution is 7.99. The van der Waals surface area contributed by atoms with Crippen LogP contribution in [0.1, 0.15) is 23.1 Å². The van der Waals surface area contributed by atoms with Crippen molar-refractivity contribution < 1.29 is 9.59 Å². The number of thiophene rings is 1. The van der Waals surface area contributed by atoms with E-state index in [0.717, 1.165) is 13.1 Å². The van der Waals surface area contributed by atoms with Crippen LogP contribution in [0.2, 0.25) is 0 Å². The van der Waals surface area contributed by atoms with Crippen LogP contribution in [0, 0.1) is 6.92 Å². The van der Waals surface area contributed by atoms with E-state index in [1.54, 1.807) is 11.3 Å². The molecule has 1 aliphatic heterocycles. The molecule has 0 radical (unpaired) electrons. The minimum absolute atomic E-state index is 0.0447. The molecule has 5 nitrogen and oxygen atoms in total. The maximum absolute atomic E-state index is 12.3. The number of rotatable bonds is 7. The first-order chi connectivity index (χ1) is 11.0. The van der Waals surface area contributed by atoms with Gasteiger partial charge in [0.25, 0.3) is 0 Å². The number of likely N-dealkylation sites (tertiary alicyclic amines) is 1. The number of hydrogen-bond acceptors (Lipinski definition) is 5. The number of likely N-dealkylation sites (N-methyl/N-ethyl adjacent to an activating group) is 1. The molecule has 0 aliphatic carbocycles. The van der Waals surface area contributed by atoms with Gasteiger partial charge >= 0.3 is 0 Å². The Balaban J connectivity index is 2.02. The molecule has 2 amide bonds. The third-order valence-electron chi connectivity index (χ3n) is 3.85. The van der Waals surface area contributed by atoms with Crippen molar-refractivity contribution in [3.8, 4) is 0 Å². The van der Waals surface area contributed by atoms with Crippen molar-refractivity contribution in [2.75, 3.05) is 25.1 Å². The van der Waals surface area contributed by atoms with Gasteiger partial charge in [-0.3, -0.25) is 14.5 Å². The lowest BCUT2D eigenvalue weighted by atomic mass is 10.1. The zero-order valence-corrected chi connectivity index (χ0v) is 15.6. The molecular weight excluding hydrogens is 330 g/mol. The Morgan fingerprint density at radius 2 is 2.22 bits per heavy atom. The second-order valence-electron chi connectivity index (χ2n) is 5.79. The van der Waals surface area contributed by atoms with Gasteiger partial charge in [-0.25, -0.2) is 0 Å². The third-order valence-corrected chi connectivity index (χ3v) is 5.39. The molecule has 1 aromatic heterocycles. The molecule has 0 bridgehead atoms. The predicted molar refractivity (Wildman–Crippen MR) is 96.9 cm³/mol. The van der Waals surface area contributed by atoms with E-state index in [1.165, 1.54) is 21.5 Å². The lowest BCUT2D eigenvalue weighted by Crippen LogP contribution is -2.42. The third kappa shape index (κ3) is 5.22. The zero-order chi connectivity index (χ0) is 16.8. The van der Waals surface area contributed by atoms with Gasteiger partial charge in [-0.1, -0.05) is 0 Å². The van der Waals surface area contributed by atoms with Crippen LogP contribution < -0.4 is 10.6 Å². The van der Waals surface area contributed by atoms with Crippen LogP contribution in [-0.2, 0) is 16.1 Å². The summed E-state index contributed by atoms with van der Waals surface area (Å²) in [5, 5.41) is 5.96. The van der Waals surface area contributed by atoms with Crippen molar-refractivity contribution in [1.82, 2.24) is 15.5 Å². The summed E-state index contributed by atoms with van der Waals surface area (Å²) in [6, 6.07) is 4.10. The zero-order valence-electron chi connectivity index (χ0n) is 13.9. The number of hydrogen-bond donors (Lipinski definition) is 2. The Labute approximate surface area is 146 Å². The van der Waals surface area contributed by atoms with Crippen molar-refractivity contribution in [1.29, 1.82) is 0 Å². The van der Waals surface area contributed by atoms with Gasteiger partial charge in [0.05, 0.1) is 11.8 Å². The highest BCUT2D eigenvalue weighted by Gasteiger charge is 2.37. The fraction of sp³-hybridized carbons (Fsp3) is 0.625. The fourth-order valence-electron chi connectivity index (χ4n) is 2.92. The molecule has 0 aromatic carbocycles. The van der Waals surface area contributed by atoms with Crippen molar-refractivity contribution >= 4 is 34.9 Å². The number of nitrogens with one attached hydrogen (secondary N) is 2. The molecule has 23 heavy (non-hydrogen) atoms. The Hall–Kier alpha value is -1.05. The Morgan fingerprint density at radius 3 is 2.83 bits per heavy atom. The lowest BCUT2D eigenvalue weighted by molar-refractivity contribution is -0.125. The van der Waals surface area contributed by atoms with Gasteiger partial charge in [0.1, 0.15) is 0 Å². The van der Waals surface area contributed by atoms with Crippen LogP contribution in [0.25, 0.3) is 0 Å². The SMILES string of the molecule is CCNC(=O)C1CC(NC(=O)CSC)CN1Cc1ccc(C)s1. The van der Waals surface area contributed by atoms with Crippen molar-refractivity contribution in [2.45, 2.75) is 38.9 Å². The minimum atomic E-state index is -0.170. The molecule has 1 fully saturated rings. The van der Waals surface area contributed by atoms with E-state index in [2.05, 4.69) is 34.6 Å². The average Bonchev–Trinajstić information content (AvgIpc) is 3.06. The first-order valence-electron chi connectivity index (χ1n) is 7.88. The Morgan fingerprint density at radius 1 is 1.43 bits per heavy atom. The average molecular weight is 356 g/mol. The van der Waals surface area contributed by atoms with E-state index in [-0.39, 0.29) is 23.9 Å². The van der Waals surface area contributed by atoms with Crippen molar-refractivity contribution in [3.05, 3.63) is 21.9 Å². The predicted octanol–water partition coefficient (Wildman–Crippen LogP) is 1.61. The van der Waals surface area contributed by atoms with E-state index >= 15 is 0 Å². The van der Waals surface area contributed by atoms with Gasteiger partial charge in [-0.15, -0.1) is 11.3 Å². The van der Waals surface area contributed by atoms with E-state index in [1.807, 2.05) is 13.2 Å². The largest absolute Gasteiger partial charge is 0.355 e. The van der Waals surface area contributed by atoms with Gasteiger partial charge in [0, 0.05) is 35.4 Å². The number of aryl methyl sites for hydroxylation is 1. The highest BCUT2D eigenvalue weighted by atomic mass is 32.2. The molecule has 2 rings (SSSR count). The van der Waals surface area contributed by atoms with Gasteiger partial charge in [-0.05, 0) is 38.7 Å². The van der Waals surface area contributed by atoms with Crippen LogP contribution in [0.5, 0.6) is 0 Å². The summed E-state index contributed by atoms with van der Waals surface area (Å²) in [5.41, 5.74) is 0. The summed E-state index contributed by atoms with van der Waals surface area (Å²) in [4.78, 5) is 28.9. The first-order valence-corrected chi connectivity index (χ1v) is 10.1. The molecule has 7 heteroatoms. The van der Waals surface area contributed by atoms with Crippen LogP contribution >= 0.6 is 23.1 Å². The number of nitrogens with zero attached hydrogens (tertiary/aromatic N) is 1. The summed E-state index contributed by atoms with van der Waals surface area (Å²) < 4.78 is 0. The summed E-state index contributed by atoms with van der Waals surface area (Å²) in [7, 11) is 0. The Kier molecular flexibility index (Phi) is 6.92. The first kappa shape index (κ1) is 18.3. The minimum Gasteiger partial charge on any atom is -0.355 e. The maximum atomic E-state index is 12.3. The van der Waals surface area contributed by atoms with Crippen LogP contribution in [0.15, 0.2) is 12.1 Å². The smallest absolute Gasteiger partial charge is 0.237 e. The molecule has 2 atom stereocenters. The second-order valence-corrected chi connectivity index (χ2v) is 8.02. The molecule has 0 spiro atoms. The fourth-order valence-corrected chi connectivity index (χ4v) is 4.18. The Bertz CT molecular complexity index is 547. The number of carbonyl (C=O) groups is 2. The molecular formula is C16H25N3O2S2. The molecule has 2 N–H and O–H groups in total. The van der Waals surface area contributed by atoms with Gasteiger partial charge < -0.3 is 10.6 Å². The van der Waals surface area contributed by atoms with Gasteiger partial charge in [0.15, 0.2) is 0 Å². The number of carbonyl (C=O) groups excluding carboxylic acids is 2. The van der Waals surface area contributed by atoms with Crippen LogP contribution in [0.3, 0.4) is 0 Å². The second kappa shape index (κ2) is 8.70. The molecule has 128 valence electrons. The lowest BCUT2D eigenvalue weighted by Gasteiger charge is -2.22. The quantitative estimate of drug-likeness (QED) is 0.780. The van der Waals surface area contributed by atoms with E-state index in [9.17, 15) is 9.59 Å². The standard InChI is InChI=1S/C16H25N3O2S2/c1-4-17-16(21)14-7-12(18-15(20)10-22-3)8-19(14)9-13-6-5-11(2)23-13/h5-6,12,14H,4,7-10H2,1-3H3,(H,17,21)(H,18,20). The molecule has 1 aromatic rings. The number of amides is 2. The maximum Gasteiger partial charge on any atom is 0.237 e. The van der Waals surface area contributed by atoms with Gasteiger partial charge in [0.2, 0.25) is 11.8 Å². The summed E-state index contributed by atoms with van der Waals surface area (Å²) in [6.07, 6.45) is 2.59. The highest BCUT2D eigenvalue weighted by Crippen LogP contribution is 2.24. The van der Waals surface area contributed by atoms with E-state index < -0.39 is 0 Å². The van der Waals surface area contributed by atoms with Crippen LogP contribution in [-0.4, -0.2) is 53.9 Å². The summed E-state index contributed by atoms with van der Waals surface area (Å²) in [6.45, 7) is 6.13. The van der Waals surface area contributed by atoms with Crippen molar-refractivity contribution in [2.24, 2.45) is 0 Å². The topological polar surface area (TPSA) is 61.4 Å². The molecule has 2 heterocycles. The number of thioether (sulfide) groups is 1. The molecule has 2 unspecified atom stereocenters.